The summed E-state index contributed by atoms with van der Waals surface area (Å²) < 4.78 is 0. The Kier molecular flexibility index (Phi) is 9.11. The average molecular weight is 333 g/mol. The largest absolute Gasteiger partial charge is 0.260 e. The molecule has 0 aliphatic carbocycles. The molecule has 0 unspecified atom stereocenters. The Morgan fingerprint density at radius 1 is 0.636 bits per heavy atom. The second-order valence-electron chi connectivity index (χ2n) is 5.16. The molecule has 2 aromatic heterocycles. The monoisotopic (exact) mass is 332 g/mol. The molecule has 0 aromatic carbocycles. The van der Waals surface area contributed by atoms with Gasteiger partial charge in [-0.15, -0.1) is 0 Å². The summed E-state index contributed by atoms with van der Waals surface area (Å²) in [6.45, 7) is 0. The van der Waals surface area contributed by atoms with Gasteiger partial charge in [0.2, 0.25) is 0 Å². The van der Waals surface area contributed by atoms with E-state index in [0.717, 1.165) is 11.5 Å². The van der Waals surface area contributed by atoms with E-state index in [-0.39, 0.29) is 0 Å². The first kappa shape index (κ1) is 17.4. The van der Waals surface area contributed by atoms with E-state index in [9.17, 15) is 0 Å². The minimum atomic E-state index is 1.04. The molecule has 0 amide bonds. The van der Waals surface area contributed by atoms with Crippen LogP contribution >= 0.6 is 23.5 Å². The summed E-state index contributed by atoms with van der Waals surface area (Å²) in [6, 6.07) is 12.3. The van der Waals surface area contributed by atoms with Crippen molar-refractivity contribution in [2.45, 2.75) is 37.2 Å². The summed E-state index contributed by atoms with van der Waals surface area (Å²) in [7, 11) is 0. The van der Waals surface area contributed by atoms with Crippen molar-refractivity contribution < 1.29 is 0 Å². The third-order valence-corrected chi connectivity index (χ3v) is 5.43. The molecule has 0 bridgehead atoms. The molecule has 0 spiro atoms. The normalized spacial score (nSPS) is 10.7. The molecule has 0 aliphatic rings. The van der Waals surface area contributed by atoms with Gasteiger partial charge in [0.15, 0.2) is 0 Å². The molecule has 0 atom stereocenters. The fraction of sp³-hybridized carbons (Fsp3) is 0.444. The molecule has 2 nitrogen and oxygen atoms in total. The van der Waals surface area contributed by atoms with Crippen LogP contribution in [0.5, 0.6) is 0 Å². The molecule has 4 heteroatoms. The SMILES string of the molecule is c1ccc(CSCCCCCCSCc2ccccn2)nc1. The fourth-order valence-electron chi connectivity index (χ4n) is 2.08. The third-order valence-electron chi connectivity index (χ3n) is 3.28. The van der Waals surface area contributed by atoms with E-state index < -0.39 is 0 Å². The maximum atomic E-state index is 4.34. The summed E-state index contributed by atoms with van der Waals surface area (Å²) in [5.41, 5.74) is 2.39. The molecule has 22 heavy (non-hydrogen) atoms. The highest BCUT2D eigenvalue weighted by atomic mass is 32.2. The zero-order valence-corrected chi connectivity index (χ0v) is 14.6. The molecule has 0 radical (unpaired) electrons. The minimum Gasteiger partial charge on any atom is -0.260 e. The molecule has 0 saturated heterocycles. The summed E-state index contributed by atoms with van der Waals surface area (Å²) in [4.78, 5) is 8.69. The van der Waals surface area contributed by atoms with Gasteiger partial charge in [0.25, 0.3) is 0 Å². The number of nitrogens with zero attached hydrogens (tertiary/aromatic N) is 2. The number of unbranched alkanes of at least 4 members (excludes halogenated alkanes) is 3. The second kappa shape index (κ2) is 11.6. The smallest absolute Gasteiger partial charge is 0.0502 e. The van der Waals surface area contributed by atoms with Crippen molar-refractivity contribution in [1.82, 2.24) is 9.97 Å². The zero-order valence-electron chi connectivity index (χ0n) is 13.0. The van der Waals surface area contributed by atoms with Gasteiger partial charge in [-0.05, 0) is 48.6 Å². The van der Waals surface area contributed by atoms with E-state index >= 15 is 0 Å². The number of hydrogen-bond acceptors (Lipinski definition) is 4. The Balaban J connectivity index is 1.37. The van der Waals surface area contributed by atoms with Crippen LogP contribution in [0.4, 0.5) is 0 Å². The number of aromatic nitrogens is 2. The second-order valence-corrected chi connectivity index (χ2v) is 7.37. The highest BCUT2D eigenvalue weighted by Gasteiger charge is 1.96. The van der Waals surface area contributed by atoms with Crippen molar-refractivity contribution in [1.29, 1.82) is 0 Å². The Hall–Kier alpha value is -1.00. The van der Waals surface area contributed by atoms with Crippen LogP contribution < -0.4 is 0 Å². The quantitative estimate of drug-likeness (QED) is 0.528. The Bertz CT molecular complexity index is 443. The zero-order chi connectivity index (χ0) is 15.3. The van der Waals surface area contributed by atoms with Crippen molar-refractivity contribution in [2.75, 3.05) is 11.5 Å². The summed E-state index contributed by atoms with van der Waals surface area (Å²) >= 11 is 3.99. The van der Waals surface area contributed by atoms with Crippen LogP contribution in [0.2, 0.25) is 0 Å². The number of thioether (sulfide) groups is 2. The predicted octanol–water partition coefficient (Wildman–Crippen LogP) is 5.20. The predicted molar refractivity (Wildman–Crippen MR) is 99.3 cm³/mol. The van der Waals surface area contributed by atoms with E-state index in [0.29, 0.717) is 0 Å². The van der Waals surface area contributed by atoms with Gasteiger partial charge in [0.05, 0.1) is 11.4 Å². The first-order valence-corrected chi connectivity index (χ1v) is 10.2. The maximum Gasteiger partial charge on any atom is 0.0502 e. The van der Waals surface area contributed by atoms with Crippen LogP contribution in [0.3, 0.4) is 0 Å². The topological polar surface area (TPSA) is 25.8 Å². The van der Waals surface area contributed by atoms with E-state index in [1.165, 1.54) is 48.6 Å². The molecular weight excluding hydrogens is 308 g/mol. The third kappa shape index (κ3) is 7.85. The Morgan fingerprint density at radius 2 is 1.14 bits per heavy atom. The van der Waals surface area contributed by atoms with Crippen LogP contribution in [0, 0.1) is 0 Å². The van der Waals surface area contributed by atoms with E-state index in [1.807, 2.05) is 48.1 Å². The standard InChI is InChI=1S/C18H24N2S2/c1(7-13-21-15-17-9-3-5-11-19-17)2-8-14-22-16-18-10-4-6-12-20-18/h3-6,9-12H,1-2,7-8,13-16H2. The lowest BCUT2D eigenvalue weighted by Crippen LogP contribution is -1.89. The minimum absolute atomic E-state index is 1.04. The highest BCUT2D eigenvalue weighted by molar-refractivity contribution is 7.98. The molecule has 0 fully saturated rings. The summed E-state index contributed by atoms with van der Waals surface area (Å²) in [6.07, 6.45) is 9.08. The van der Waals surface area contributed by atoms with Crippen LogP contribution in [-0.2, 0) is 11.5 Å². The lowest BCUT2D eigenvalue weighted by Gasteiger charge is -2.03. The van der Waals surface area contributed by atoms with E-state index in [4.69, 9.17) is 0 Å². The molecule has 2 heterocycles. The van der Waals surface area contributed by atoms with Crippen molar-refractivity contribution >= 4 is 23.5 Å². The Morgan fingerprint density at radius 3 is 1.55 bits per heavy atom. The van der Waals surface area contributed by atoms with Gasteiger partial charge in [-0.1, -0.05) is 25.0 Å². The molecule has 118 valence electrons. The van der Waals surface area contributed by atoms with Gasteiger partial charge in [-0.25, -0.2) is 0 Å². The van der Waals surface area contributed by atoms with Gasteiger partial charge in [-0.2, -0.15) is 23.5 Å². The van der Waals surface area contributed by atoms with Gasteiger partial charge >= 0.3 is 0 Å². The lowest BCUT2D eigenvalue weighted by molar-refractivity contribution is 0.711. The molecule has 0 saturated carbocycles. The van der Waals surface area contributed by atoms with Crippen molar-refractivity contribution in [3.8, 4) is 0 Å². The Labute approximate surface area is 142 Å². The van der Waals surface area contributed by atoms with Crippen LogP contribution in [0.15, 0.2) is 48.8 Å². The number of hydrogen-bond donors (Lipinski definition) is 0. The number of rotatable bonds is 11. The van der Waals surface area contributed by atoms with Gasteiger partial charge in [-0.3, -0.25) is 9.97 Å². The number of pyridine rings is 2. The van der Waals surface area contributed by atoms with Crippen molar-refractivity contribution in [3.05, 3.63) is 60.2 Å². The molecule has 0 aliphatic heterocycles. The van der Waals surface area contributed by atoms with Crippen LogP contribution in [0.1, 0.15) is 37.1 Å². The summed E-state index contributed by atoms with van der Waals surface area (Å²) in [5.74, 6) is 4.58. The molecule has 2 aromatic rings. The van der Waals surface area contributed by atoms with Crippen LogP contribution in [-0.4, -0.2) is 21.5 Å². The van der Waals surface area contributed by atoms with Crippen molar-refractivity contribution in [3.63, 3.8) is 0 Å². The summed E-state index contributed by atoms with van der Waals surface area (Å²) in [5, 5.41) is 0. The maximum absolute atomic E-state index is 4.34. The van der Waals surface area contributed by atoms with Crippen LogP contribution in [0.25, 0.3) is 0 Å². The molecule has 0 N–H and O–H groups in total. The first-order chi connectivity index (χ1) is 10.9. The van der Waals surface area contributed by atoms with Crippen molar-refractivity contribution in [2.24, 2.45) is 0 Å². The lowest BCUT2D eigenvalue weighted by atomic mass is 10.2. The fourth-order valence-corrected chi connectivity index (χ4v) is 3.95. The first-order valence-electron chi connectivity index (χ1n) is 7.90. The van der Waals surface area contributed by atoms with Gasteiger partial charge < -0.3 is 0 Å². The van der Waals surface area contributed by atoms with E-state index in [1.54, 1.807) is 0 Å². The highest BCUT2D eigenvalue weighted by Crippen LogP contribution is 2.15. The molecule has 2 rings (SSSR count). The van der Waals surface area contributed by atoms with E-state index in [2.05, 4.69) is 34.2 Å². The van der Waals surface area contributed by atoms with Gasteiger partial charge in [0, 0.05) is 23.9 Å². The average Bonchev–Trinajstić information content (AvgIpc) is 2.58. The molecular formula is C18H24N2S2. The van der Waals surface area contributed by atoms with Gasteiger partial charge in [0.1, 0.15) is 0 Å².